The first-order chi connectivity index (χ1) is 8.92. The maximum atomic E-state index is 11.0. The summed E-state index contributed by atoms with van der Waals surface area (Å²) in [5.41, 5.74) is 0.210. The van der Waals surface area contributed by atoms with Crippen LogP contribution < -0.4 is 5.32 Å². The van der Waals surface area contributed by atoms with Gasteiger partial charge in [0.05, 0.1) is 9.40 Å². The highest BCUT2D eigenvalue weighted by molar-refractivity contribution is 9.11. The summed E-state index contributed by atoms with van der Waals surface area (Å²) in [5.74, 6) is 0. The zero-order valence-electron chi connectivity index (χ0n) is 9.28. The van der Waals surface area contributed by atoms with Crippen molar-refractivity contribution in [2.75, 3.05) is 6.26 Å². The predicted molar refractivity (Wildman–Crippen MR) is 85.6 cm³/mol. The molecule has 0 radical (unpaired) electrons. The van der Waals surface area contributed by atoms with Crippen molar-refractivity contribution in [3.05, 3.63) is 29.6 Å². The van der Waals surface area contributed by atoms with Gasteiger partial charge >= 0.3 is 0 Å². The fraction of sp³-hybridized carbons (Fsp3) is 0.111. The predicted octanol–water partition coefficient (Wildman–Crippen LogP) is 4.30. The summed E-state index contributed by atoms with van der Waals surface area (Å²) in [5, 5.41) is 22.3. The number of benzene rings is 1. The number of aliphatic imine (C=N–C) groups is 1. The Balaban J connectivity index is 3.48. The van der Waals surface area contributed by atoms with Gasteiger partial charge in [0.25, 0.3) is 5.69 Å². The summed E-state index contributed by atoms with van der Waals surface area (Å²) in [7, 11) is 0. The van der Waals surface area contributed by atoms with Gasteiger partial charge in [-0.1, -0.05) is 11.8 Å². The number of hydrogen-bond donors (Lipinski definition) is 1. The van der Waals surface area contributed by atoms with Crippen LogP contribution >= 0.6 is 59.6 Å². The third kappa shape index (κ3) is 3.92. The van der Waals surface area contributed by atoms with Crippen LogP contribution in [-0.4, -0.2) is 16.3 Å². The fourth-order valence-corrected chi connectivity index (χ4v) is 4.03. The SMILES string of the molecule is CSC(=Nc1c(Br)cc(Br)c([N+](=O)[O-])c1Br)NC#N. The molecule has 1 rings (SSSR count). The minimum atomic E-state index is -0.518. The van der Waals surface area contributed by atoms with Crippen molar-refractivity contribution >= 4 is 76.1 Å². The molecule has 0 saturated carbocycles. The molecule has 0 aliphatic carbocycles. The van der Waals surface area contributed by atoms with Gasteiger partial charge in [0.15, 0.2) is 11.4 Å². The molecular formula is C9H5Br3N4O2S. The quantitative estimate of drug-likeness (QED) is 0.173. The number of hydrogen-bond acceptors (Lipinski definition) is 5. The van der Waals surface area contributed by atoms with Gasteiger partial charge in [-0.25, -0.2) is 4.99 Å². The summed E-state index contributed by atoms with van der Waals surface area (Å²) in [6.45, 7) is 0. The summed E-state index contributed by atoms with van der Waals surface area (Å²) < 4.78 is 1.11. The lowest BCUT2D eigenvalue weighted by molar-refractivity contribution is -0.386. The Labute approximate surface area is 138 Å². The van der Waals surface area contributed by atoms with Crippen LogP contribution in [0.4, 0.5) is 11.4 Å². The lowest BCUT2D eigenvalue weighted by atomic mass is 10.3. The van der Waals surface area contributed by atoms with Crippen LogP contribution in [0.2, 0.25) is 0 Å². The van der Waals surface area contributed by atoms with E-state index >= 15 is 0 Å². The highest BCUT2D eigenvalue weighted by Gasteiger charge is 2.23. The zero-order valence-corrected chi connectivity index (χ0v) is 14.9. The number of rotatable bonds is 2. The second-order valence-electron chi connectivity index (χ2n) is 2.97. The van der Waals surface area contributed by atoms with Gasteiger partial charge in [0.2, 0.25) is 0 Å². The zero-order chi connectivity index (χ0) is 14.6. The van der Waals surface area contributed by atoms with Gasteiger partial charge in [0.1, 0.15) is 10.2 Å². The standard InChI is InChI=1S/C9H5Br3N4O2S/c1-19-9(14-3-13)15-7-4(10)2-5(11)8(6(7)12)16(17)18/h2H,1H3,(H,14,15). The fourth-order valence-electron chi connectivity index (χ4n) is 1.11. The highest BCUT2D eigenvalue weighted by atomic mass is 79.9. The molecule has 0 aliphatic heterocycles. The van der Waals surface area contributed by atoms with Crippen LogP contribution in [0.5, 0.6) is 0 Å². The van der Waals surface area contributed by atoms with E-state index in [0.29, 0.717) is 19.8 Å². The molecule has 0 atom stereocenters. The third-order valence-electron chi connectivity index (χ3n) is 1.87. The smallest absolute Gasteiger partial charge is 0.271 e. The Morgan fingerprint density at radius 2 is 2.16 bits per heavy atom. The molecule has 0 amide bonds. The Bertz CT molecular complexity index is 600. The first kappa shape index (κ1) is 16.4. The molecule has 19 heavy (non-hydrogen) atoms. The second kappa shape index (κ2) is 7.23. The minimum absolute atomic E-state index is 0.126. The van der Waals surface area contributed by atoms with Crippen molar-refractivity contribution in [2.45, 2.75) is 0 Å². The molecule has 10 heteroatoms. The molecule has 100 valence electrons. The van der Waals surface area contributed by atoms with E-state index in [1.165, 1.54) is 17.8 Å². The molecular weight excluding hydrogens is 468 g/mol. The molecule has 0 saturated heterocycles. The highest BCUT2D eigenvalue weighted by Crippen LogP contribution is 2.44. The number of nitro groups is 1. The van der Waals surface area contributed by atoms with Crippen molar-refractivity contribution in [2.24, 2.45) is 4.99 Å². The van der Waals surface area contributed by atoms with Crippen molar-refractivity contribution in [1.82, 2.24) is 5.32 Å². The van der Waals surface area contributed by atoms with Gasteiger partial charge < -0.3 is 0 Å². The molecule has 0 heterocycles. The van der Waals surface area contributed by atoms with Crippen LogP contribution in [0.3, 0.4) is 0 Å². The van der Waals surface area contributed by atoms with Gasteiger partial charge in [-0.2, -0.15) is 5.26 Å². The summed E-state index contributed by atoms with van der Waals surface area (Å²) in [4.78, 5) is 14.7. The van der Waals surface area contributed by atoms with Crippen LogP contribution in [0, 0.1) is 21.6 Å². The van der Waals surface area contributed by atoms with Gasteiger partial charge in [-0.15, -0.1) is 0 Å². The van der Waals surface area contributed by atoms with E-state index in [1.54, 1.807) is 12.4 Å². The number of thioether (sulfide) groups is 1. The monoisotopic (exact) mass is 470 g/mol. The van der Waals surface area contributed by atoms with Gasteiger partial charge in [-0.3, -0.25) is 15.4 Å². The topological polar surface area (TPSA) is 91.3 Å². The normalized spacial score (nSPS) is 11.0. The van der Waals surface area contributed by atoms with E-state index in [1.807, 2.05) is 0 Å². The molecule has 1 aromatic rings. The average Bonchev–Trinajstić information content (AvgIpc) is 2.32. The Morgan fingerprint density at radius 3 is 2.63 bits per heavy atom. The molecule has 1 N–H and O–H groups in total. The molecule has 0 unspecified atom stereocenters. The maximum absolute atomic E-state index is 11.0. The van der Waals surface area contributed by atoms with Gasteiger partial charge in [0, 0.05) is 4.47 Å². The first-order valence-electron chi connectivity index (χ1n) is 4.52. The Hall–Kier alpha value is -0.630. The van der Waals surface area contributed by atoms with Crippen LogP contribution in [0.1, 0.15) is 0 Å². The molecule has 0 fully saturated rings. The molecule has 1 aromatic carbocycles. The van der Waals surface area contributed by atoms with Crippen LogP contribution in [-0.2, 0) is 0 Å². The van der Waals surface area contributed by atoms with Crippen LogP contribution in [0.15, 0.2) is 24.5 Å². The number of nitrogens with one attached hydrogen (secondary N) is 1. The van der Waals surface area contributed by atoms with Crippen molar-refractivity contribution in [1.29, 1.82) is 5.26 Å². The summed E-state index contributed by atoms with van der Waals surface area (Å²) in [6, 6.07) is 1.53. The lowest BCUT2D eigenvalue weighted by Gasteiger charge is -2.07. The molecule has 0 spiro atoms. The molecule has 0 aliphatic rings. The first-order valence-corrected chi connectivity index (χ1v) is 8.12. The minimum Gasteiger partial charge on any atom is -0.271 e. The average molecular weight is 473 g/mol. The number of nitriles is 1. The van der Waals surface area contributed by atoms with E-state index in [4.69, 9.17) is 5.26 Å². The van der Waals surface area contributed by atoms with Gasteiger partial charge in [-0.05, 0) is 60.1 Å². The number of nitro benzene ring substituents is 1. The second-order valence-corrected chi connectivity index (χ2v) is 6.26. The summed E-state index contributed by atoms with van der Waals surface area (Å²) in [6.07, 6.45) is 3.49. The molecule has 0 aromatic heterocycles. The van der Waals surface area contributed by atoms with E-state index in [0.717, 1.165) is 0 Å². The lowest BCUT2D eigenvalue weighted by Crippen LogP contribution is -2.12. The van der Waals surface area contributed by atoms with Crippen LogP contribution in [0.25, 0.3) is 0 Å². The van der Waals surface area contributed by atoms with E-state index in [-0.39, 0.29) is 10.2 Å². The van der Waals surface area contributed by atoms with E-state index < -0.39 is 4.92 Å². The number of nitrogens with zero attached hydrogens (tertiary/aromatic N) is 3. The Morgan fingerprint density at radius 1 is 1.53 bits per heavy atom. The molecule has 6 nitrogen and oxygen atoms in total. The van der Waals surface area contributed by atoms with Crippen molar-refractivity contribution in [3.63, 3.8) is 0 Å². The number of amidine groups is 1. The largest absolute Gasteiger partial charge is 0.299 e. The third-order valence-corrected chi connectivity index (χ3v) is 4.41. The van der Waals surface area contributed by atoms with E-state index in [2.05, 4.69) is 58.1 Å². The Kier molecular flexibility index (Phi) is 6.25. The maximum Gasteiger partial charge on any atom is 0.299 e. The van der Waals surface area contributed by atoms with Crippen molar-refractivity contribution in [3.8, 4) is 6.19 Å². The summed E-state index contributed by atoms with van der Waals surface area (Å²) >= 11 is 10.8. The van der Waals surface area contributed by atoms with E-state index in [9.17, 15) is 10.1 Å². The number of halogens is 3. The molecule has 0 bridgehead atoms. The van der Waals surface area contributed by atoms with Crippen molar-refractivity contribution < 1.29 is 4.92 Å².